The molecule has 3 heterocycles. The van der Waals surface area contributed by atoms with Gasteiger partial charge in [0.1, 0.15) is 5.82 Å². The minimum absolute atomic E-state index is 0.114. The number of benzene rings is 2. The van der Waals surface area contributed by atoms with Gasteiger partial charge in [-0.05, 0) is 50.6 Å². The van der Waals surface area contributed by atoms with Crippen LogP contribution in [0.5, 0.6) is 0 Å². The standard InChI is InChI=1S/C23H22FN5O2/c1-15-7-9-16(10-8-15)23-27-26-20(30-23)14-29-11-3-5-18(13-29)22-25-21(28-31-22)17-4-2-6-19(24)12-17/h2,4,6-10,12,18H,3,5,11,13-14H2,1H3. The molecule has 0 N–H and O–H groups in total. The Hall–Kier alpha value is -3.39. The summed E-state index contributed by atoms with van der Waals surface area (Å²) in [5, 5.41) is 12.4. The first-order valence-corrected chi connectivity index (χ1v) is 10.4. The Morgan fingerprint density at radius 3 is 2.81 bits per heavy atom. The van der Waals surface area contributed by atoms with E-state index in [1.165, 1.54) is 17.7 Å². The number of nitrogens with zero attached hydrogens (tertiary/aromatic N) is 5. The average Bonchev–Trinajstić information content (AvgIpc) is 3.45. The summed E-state index contributed by atoms with van der Waals surface area (Å²) >= 11 is 0. The summed E-state index contributed by atoms with van der Waals surface area (Å²) in [5.41, 5.74) is 2.71. The van der Waals surface area contributed by atoms with E-state index < -0.39 is 0 Å². The number of rotatable bonds is 5. The highest BCUT2D eigenvalue weighted by Gasteiger charge is 2.27. The van der Waals surface area contributed by atoms with Crippen LogP contribution >= 0.6 is 0 Å². The molecule has 1 fully saturated rings. The Morgan fingerprint density at radius 2 is 1.97 bits per heavy atom. The molecule has 1 aliphatic rings. The molecular formula is C23H22FN5O2. The normalized spacial score (nSPS) is 17.2. The lowest BCUT2D eigenvalue weighted by Crippen LogP contribution is -2.34. The molecular weight excluding hydrogens is 397 g/mol. The largest absolute Gasteiger partial charge is 0.419 e. The number of aromatic nitrogens is 4. The van der Waals surface area contributed by atoms with Crippen molar-refractivity contribution in [2.24, 2.45) is 0 Å². The van der Waals surface area contributed by atoms with Crippen molar-refractivity contribution in [3.63, 3.8) is 0 Å². The van der Waals surface area contributed by atoms with Gasteiger partial charge in [-0.3, -0.25) is 4.90 Å². The molecule has 1 atom stereocenters. The highest BCUT2D eigenvalue weighted by molar-refractivity contribution is 5.54. The summed E-state index contributed by atoms with van der Waals surface area (Å²) in [6, 6.07) is 14.2. The van der Waals surface area contributed by atoms with Crippen molar-refractivity contribution in [1.29, 1.82) is 0 Å². The number of halogens is 1. The van der Waals surface area contributed by atoms with Crippen LogP contribution in [0, 0.1) is 12.7 Å². The van der Waals surface area contributed by atoms with Crippen molar-refractivity contribution < 1.29 is 13.3 Å². The Morgan fingerprint density at radius 1 is 1.10 bits per heavy atom. The zero-order chi connectivity index (χ0) is 21.2. The monoisotopic (exact) mass is 419 g/mol. The summed E-state index contributed by atoms with van der Waals surface area (Å²) in [6.07, 6.45) is 1.96. The highest BCUT2D eigenvalue weighted by atomic mass is 19.1. The molecule has 1 unspecified atom stereocenters. The van der Waals surface area contributed by atoms with Gasteiger partial charge in [0.05, 0.1) is 12.5 Å². The van der Waals surface area contributed by atoms with Crippen molar-refractivity contribution in [1.82, 2.24) is 25.2 Å². The van der Waals surface area contributed by atoms with E-state index in [1.54, 1.807) is 12.1 Å². The molecule has 7 nitrogen and oxygen atoms in total. The quantitative estimate of drug-likeness (QED) is 0.467. The summed E-state index contributed by atoms with van der Waals surface area (Å²) in [7, 11) is 0. The van der Waals surface area contributed by atoms with Crippen LogP contribution in [0.15, 0.2) is 57.5 Å². The topological polar surface area (TPSA) is 81.1 Å². The van der Waals surface area contributed by atoms with Crippen LogP contribution in [0.2, 0.25) is 0 Å². The second-order valence-electron chi connectivity index (χ2n) is 7.91. The minimum atomic E-state index is -0.322. The molecule has 8 heteroatoms. The molecule has 0 amide bonds. The van der Waals surface area contributed by atoms with E-state index in [0.717, 1.165) is 31.5 Å². The van der Waals surface area contributed by atoms with Crippen LogP contribution in [-0.2, 0) is 6.54 Å². The fourth-order valence-corrected chi connectivity index (χ4v) is 3.87. The third-order valence-electron chi connectivity index (χ3n) is 5.50. The molecule has 1 saturated heterocycles. The van der Waals surface area contributed by atoms with E-state index in [0.29, 0.717) is 35.6 Å². The van der Waals surface area contributed by atoms with Gasteiger partial charge < -0.3 is 8.94 Å². The number of hydrogen-bond acceptors (Lipinski definition) is 7. The summed E-state index contributed by atoms with van der Waals surface area (Å²) < 4.78 is 24.9. The lowest BCUT2D eigenvalue weighted by molar-refractivity contribution is 0.167. The molecule has 0 bridgehead atoms. The molecule has 1 aliphatic heterocycles. The van der Waals surface area contributed by atoms with E-state index >= 15 is 0 Å². The predicted molar refractivity (Wildman–Crippen MR) is 111 cm³/mol. The smallest absolute Gasteiger partial charge is 0.247 e. The summed E-state index contributed by atoms with van der Waals surface area (Å²) in [6.45, 7) is 4.30. The van der Waals surface area contributed by atoms with Crippen LogP contribution in [0.3, 0.4) is 0 Å². The number of aryl methyl sites for hydroxylation is 1. The van der Waals surface area contributed by atoms with Gasteiger partial charge in [-0.25, -0.2) is 4.39 Å². The second-order valence-corrected chi connectivity index (χ2v) is 7.91. The van der Waals surface area contributed by atoms with Crippen molar-refractivity contribution in [3.8, 4) is 22.8 Å². The van der Waals surface area contributed by atoms with Gasteiger partial charge >= 0.3 is 0 Å². The van der Waals surface area contributed by atoms with E-state index in [9.17, 15) is 4.39 Å². The predicted octanol–water partition coefficient (Wildman–Crippen LogP) is 4.61. The second kappa shape index (κ2) is 8.39. The average molecular weight is 419 g/mol. The first kappa shape index (κ1) is 19.6. The summed E-state index contributed by atoms with van der Waals surface area (Å²) in [4.78, 5) is 6.77. The molecule has 2 aromatic heterocycles. The number of likely N-dealkylation sites (tertiary alicyclic amines) is 1. The number of piperidine rings is 1. The maximum Gasteiger partial charge on any atom is 0.247 e. The molecule has 4 aromatic rings. The molecule has 0 radical (unpaired) electrons. The molecule has 5 rings (SSSR count). The Balaban J connectivity index is 1.25. The maximum absolute atomic E-state index is 13.5. The van der Waals surface area contributed by atoms with Crippen LogP contribution in [-0.4, -0.2) is 38.3 Å². The fraction of sp³-hybridized carbons (Fsp3) is 0.304. The van der Waals surface area contributed by atoms with Gasteiger partial charge in [0.25, 0.3) is 0 Å². The fourth-order valence-electron chi connectivity index (χ4n) is 3.87. The Kier molecular flexibility index (Phi) is 5.30. The minimum Gasteiger partial charge on any atom is -0.419 e. The van der Waals surface area contributed by atoms with Crippen molar-refractivity contribution >= 4 is 0 Å². The Bertz CT molecular complexity index is 1170. The maximum atomic E-state index is 13.5. The molecule has 0 spiro atoms. The van der Waals surface area contributed by atoms with Gasteiger partial charge in [0.15, 0.2) is 0 Å². The van der Waals surface area contributed by atoms with Crippen LogP contribution < -0.4 is 0 Å². The first-order valence-electron chi connectivity index (χ1n) is 10.4. The van der Waals surface area contributed by atoms with Crippen molar-refractivity contribution in [3.05, 3.63) is 71.7 Å². The van der Waals surface area contributed by atoms with E-state index in [-0.39, 0.29) is 11.7 Å². The SMILES string of the molecule is Cc1ccc(-c2nnc(CN3CCCC(c4nc(-c5cccc(F)c5)no4)C3)o2)cc1. The van der Waals surface area contributed by atoms with Crippen LogP contribution in [0.25, 0.3) is 22.8 Å². The van der Waals surface area contributed by atoms with E-state index in [2.05, 4.69) is 25.2 Å². The lowest BCUT2D eigenvalue weighted by Gasteiger charge is -2.29. The van der Waals surface area contributed by atoms with Crippen LogP contribution in [0.1, 0.15) is 36.1 Å². The molecule has 0 aliphatic carbocycles. The molecule has 2 aromatic carbocycles. The summed E-state index contributed by atoms with van der Waals surface area (Å²) in [5.74, 6) is 1.89. The molecule has 0 saturated carbocycles. The number of hydrogen-bond donors (Lipinski definition) is 0. The van der Waals surface area contributed by atoms with Gasteiger partial charge in [-0.15, -0.1) is 10.2 Å². The zero-order valence-electron chi connectivity index (χ0n) is 17.2. The van der Waals surface area contributed by atoms with E-state index in [4.69, 9.17) is 8.94 Å². The first-order chi connectivity index (χ1) is 15.1. The third-order valence-corrected chi connectivity index (χ3v) is 5.50. The highest BCUT2D eigenvalue weighted by Crippen LogP contribution is 2.29. The zero-order valence-corrected chi connectivity index (χ0v) is 17.2. The van der Waals surface area contributed by atoms with Gasteiger partial charge in [0, 0.05) is 17.7 Å². The Labute approximate surface area is 178 Å². The van der Waals surface area contributed by atoms with Gasteiger partial charge in [-0.2, -0.15) is 4.98 Å². The van der Waals surface area contributed by atoms with Crippen molar-refractivity contribution in [2.45, 2.75) is 32.2 Å². The van der Waals surface area contributed by atoms with Gasteiger partial charge in [-0.1, -0.05) is 35.0 Å². The van der Waals surface area contributed by atoms with E-state index in [1.807, 2.05) is 31.2 Å². The van der Waals surface area contributed by atoms with Crippen molar-refractivity contribution in [2.75, 3.05) is 13.1 Å². The molecule has 31 heavy (non-hydrogen) atoms. The lowest BCUT2D eigenvalue weighted by atomic mass is 9.98. The molecule has 158 valence electrons. The third kappa shape index (κ3) is 4.39. The van der Waals surface area contributed by atoms with Gasteiger partial charge in [0.2, 0.25) is 23.5 Å². The van der Waals surface area contributed by atoms with Crippen LogP contribution in [0.4, 0.5) is 4.39 Å².